The van der Waals surface area contributed by atoms with Crippen LogP contribution in [0.15, 0.2) is 30.3 Å². The van der Waals surface area contributed by atoms with Crippen molar-refractivity contribution in [1.29, 1.82) is 5.26 Å². The maximum atomic E-state index is 9.30. The molecule has 0 saturated heterocycles. The average molecular weight is 231 g/mol. The Labute approximate surface area is 104 Å². The monoisotopic (exact) mass is 231 g/mol. The van der Waals surface area contributed by atoms with Gasteiger partial charge in [-0.2, -0.15) is 5.26 Å². The molecule has 2 N–H and O–H groups in total. The Hall–Kier alpha value is -1.37. The summed E-state index contributed by atoms with van der Waals surface area (Å²) in [6.07, 6.45) is 0.662. The molecule has 0 aliphatic carbocycles. The van der Waals surface area contributed by atoms with Gasteiger partial charge in [-0.25, -0.2) is 0 Å². The van der Waals surface area contributed by atoms with Gasteiger partial charge < -0.3 is 10.6 Å². The van der Waals surface area contributed by atoms with Gasteiger partial charge in [0, 0.05) is 6.54 Å². The van der Waals surface area contributed by atoms with Crippen LogP contribution < -0.4 is 5.73 Å². The Kier molecular flexibility index (Phi) is 5.14. The van der Waals surface area contributed by atoms with E-state index in [2.05, 4.69) is 24.8 Å². The predicted octanol–water partition coefficient (Wildman–Crippen LogP) is 2.10. The minimum Gasteiger partial charge on any atom is -0.310 e. The van der Waals surface area contributed by atoms with Crippen LogP contribution in [0.3, 0.4) is 0 Å². The normalized spacial score (nSPS) is 14.3. The van der Waals surface area contributed by atoms with E-state index in [1.807, 2.05) is 30.3 Å². The zero-order chi connectivity index (χ0) is 12.7. The Morgan fingerprint density at radius 2 is 1.82 bits per heavy atom. The number of nitrogens with two attached hydrogens (primary N) is 1. The summed E-state index contributed by atoms with van der Waals surface area (Å²) in [4.78, 5) is 2.28. The quantitative estimate of drug-likeness (QED) is 0.815. The summed E-state index contributed by atoms with van der Waals surface area (Å²) >= 11 is 0. The minimum absolute atomic E-state index is 0.662. The molecule has 0 radical (unpaired) electrons. The highest BCUT2D eigenvalue weighted by atomic mass is 15.1. The van der Waals surface area contributed by atoms with Gasteiger partial charge in [0.2, 0.25) is 0 Å². The third-order valence-electron chi connectivity index (χ3n) is 3.21. The summed E-state index contributed by atoms with van der Waals surface area (Å²) in [5.74, 6) is 0. The largest absolute Gasteiger partial charge is 0.310 e. The van der Waals surface area contributed by atoms with Gasteiger partial charge in [0.1, 0.15) is 5.54 Å². The lowest BCUT2D eigenvalue weighted by atomic mass is 9.89. The SMILES string of the molecule is CCN(CC)CCC(N)(C#N)c1ccccc1. The first kappa shape index (κ1) is 13.7. The van der Waals surface area contributed by atoms with Crippen molar-refractivity contribution in [2.45, 2.75) is 25.8 Å². The van der Waals surface area contributed by atoms with E-state index in [0.29, 0.717) is 6.42 Å². The number of hydrogen-bond acceptors (Lipinski definition) is 3. The molecule has 1 aromatic rings. The highest BCUT2D eigenvalue weighted by Crippen LogP contribution is 2.21. The van der Waals surface area contributed by atoms with Crippen LogP contribution in [-0.2, 0) is 5.54 Å². The van der Waals surface area contributed by atoms with Crippen LogP contribution in [-0.4, -0.2) is 24.5 Å². The number of hydrogen-bond donors (Lipinski definition) is 1. The third kappa shape index (κ3) is 3.55. The van der Waals surface area contributed by atoms with Gasteiger partial charge in [-0.1, -0.05) is 44.2 Å². The highest BCUT2D eigenvalue weighted by Gasteiger charge is 2.27. The zero-order valence-electron chi connectivity index (χ0n) is 10.7. The van der Waals surface area contributed by atoms with E-state index >= 15 is 0 Å². The van der Waals surface area contributed by atoms with Crippen LogP contribution in [0.4, 0.5) is 0 Å². The fourth-order valence-corrected chi connectivity index (χ4v) is 1.87. The van der Waals surface area contributed by atoms with Gasteiger partial charge in [0.25, 0.3) is 0 Å². The molecule has 0 aromatic heterocycles. The first-order valence-electron chi connectivity index (χ1n) is 6.14. The van der Waals surface area contributed by atoms with Crippen LogP contribution >= 0.6 is 0 Å². The molecule has 0 amide bonds. The lowest BCUT2D eigenvalue weighted by molar-refractivity contribution is 0.277. The summed E-state index contributed by atoms with van der Waals surface area (Å²) in [6.45, 7) is 7.08. The van der Waals surface area contributed by atoms with E-state index in [1.54, 1.807) is 0 Å². The molecule has 1 atom stereocenters. The third-order valence-corrected chi connectivity index (χ3v) is 3.21. The number of nitrogens with zero attached hydrogens (tertiary/aromatic N) is 2. The van der Waals surface area contributed by atoms with Crippen LogP contribution in [0.25, 0.3) is 0 Å². The van der Waals surface area contributed by atoms with Crippen molar-refractivity contribution in [3.8, 4) is 6.07 Å². The second kappa shape index (κ2) is 6.39. The molecule has 0 aliphatic heterocycles. The summed E-state index contributed by atoms with van der Waals surface area (Å²) in [5.41, 5.74) is 6.22. The summed E-state index contributed by atoms with van der Waals surface area (Å²) in [5, 5.41) is 9.30. The van der Waals surface area contributed by atoms with Crippen LogP contribution in [0.5, 0.6) is 0 Å². The fraction of sp³-hybridized carbons (Fsp3) is 0.500. The van der Waals surface area contributed by atoms with Crippen LogP contribution in [0, 0.1) is 11.3 Å². The van der Waals surface area contributed by atoms with Crippen molar-refractivity contribution in [3.63, 3.8) is 0 Å². The average Bonchev–Trinajstić information content (AvgIpc) is 2.40. The van der Waals surface area contributed by atoms with Gasteiger partial charge in [-0.05, 0) is 25.1 Å². The molecule has 0 bridgehead atoms. The maximum absolute atomic E-state index is 9.30. The smallest absolute Gasteiger partial charge is 0.131 e. The van der Waals surface area contributed by atoms with Gasteiger partial charge in [-0.15, -0.1) is 0 Å². The number of rotatable bonds is 6. The molecule has 1 unspecified atom stereocenters. The van der Waals surface area contributed by atoms with E-state index in [4.69, 9.17) is 5.73 Å². The standard InChI is InChI=1S/C14H21N3/c1-3-17(4-2)11-10-14(16,12-15)13-8-6-5-7-9-13/h5-9H,3-4,10-11,16H2,1-2H3. The second-order valence-electron chi connectivity index (χ2n) is 4.23. The maximum Gasteiger partial charge on any atom is 0.131 e. The topological polar surface area (TPSA) is 53.0 Å². The molecule has 0 spiro atoms. The molecule has 3 nitrogen and oxygen atoms in total. The molecule has 0 aliphatic rings. The molecular formula is C14H21N3. The van der Waals surface area contributed by atoms with Crippen molar-refractivity contribution in [3.05, 3.63) is 35.9 Å². The lowest BCUT2D eigenvalue weighted by Crippen LogP contribution is -2.39. The summed E-state index contributed by atoms with van der Waals surface area (Å²) < 4.78 is 0. The van der Waals surface area contributed by atoms with Gasteiger partial charge in [0.05, 0.1) is 6.07 Å². The van der Waals surface area contributed by atoms with Crippen molar-refractivity contribution >= 4 is 0 Å². The molecule has 17 heavy (non-hydrogen) atoms. The molecule has 0 fully saturated rings. The van der Waals surface area contributed by atoms with E-state index in [1.165, 1.54) is 0 Å². The Bertz CT molecular complexity index is 365. The molecule has 3 heteroatoms. The first-order chi connectivity index (χ1) is 8.16. The number of benzene rings is 1. The van der Waals surface area contributed by atoms with Crippen molar-refractivity contribution < 1.29 is 0 Å². The molecule has 0 heterocycles. The predicted molar refractivity (Wildman–Crippen MR) is 70.3 cm³/mol. The Morgan fingerprint density at radius 3 is 2.29 bits per heavy atom. The lowest BCUT2D eigenvalue weighted by Gasteiger charge is -2.26. The molecular weight excluding hydrogens is 210 g/mol. The van der Waals surface area contributed by atoms with Gasteiger partial charge in [-0.3, -0.25) is 0 Å². The molecule has 0 saturated carbocycles. The van der Waals surface area contributed by atoms with Crippen molar-refractivity contribution in [1.82, 2.24) is 4.90 Å². The fourth-order valence-electron chi connectivity index (χ4n) is 1.87. The van der Waals surface area contributed by atoms with E-state index in [9.17, 15) is 5.26 Å². The summed E-state index contributed by atoms with van der Waals surface area (Å²) in [6, 6.07) is 11.9. The van der Waals surface area contributed by atoms with E-state index in [-0.39, 0.29) is 0 Å². The highest BCUT2D eigenvalue weighted by molar-refractivity contribution is 5.30. The molecule has 92 valence electrons. The van der Waals surface area contributed by atoms with E-state index in [0.717, 1.165) is 25.2 Å². The van der Waals surface area contributed by atoms with Crippen LogP contribution in [0.2, 0.25) is 0 Å². The number of nitriles is 1. The van der Waals surface area contributed by atoms with Crippen molar-refractivity contribution in [2.75, 3.05) is 19.6 Å². The van der Waals surface area contributed by atoms with Gasteiger partial charge in [0.15, 0.2) is 0 Å². The Morgan fingerprint density at radius 1 is 1.24 bits per heavy atom. The Balaban J connectivity index is 2.74. The first-order valence-corrected chi connectivity index (χ1v) is 6.14. The molecule has 1 aromatic carbocycles. The zero-order valence-corrected chi connectivity index (χ0v) is 10.7. The second-order valence-corrected chi connectivity index (χ2v) is 4.23. The summed E-state index contributed by atoms with van der Waals surface area (Å²) in [7, 11) is 0. The van der Waals surface area contributed by atoms with Gasteiger partial charge >= 0.3 is 0 Å². The van der Waals surface area contributed by atoms with Crippen molar-refractivity contribution in [2.24, 2.45) is 5.73 Å². The minimum atomic E-state index is -0.871. The van der Waals surface area contributed by atoms with Crippen LogP contribution in [0.1, 0.15) is 25.8 Å². The molecule has 1 rings (SSSR count). The van der Waals surface area contributed by atoms with E-state index < -0.39 is 5.54 Å².